The van der Waals surface area contributed by atoms with E-state index in [0.717, 1.165) is 31.4 Å². The van der Waals surface area contributed by atoms with Gasteiger partial charge in [0.25, 0.3) is 0 Å². The predicted octanol–water partition coefficient (Wildman–Crippen LogP) is 5.06. The van der Waals surface area contributed by atoms with E-state index in [1.165, 1.54) is 12.1 Å². The molecule has 0 amide bonds. The smallest absolute Gasteiger partial charge is 0.406 e. The monoisotopic (exact) mass is 303 g/mol. The van der Waals surface area contributed by atoms with E-state index >= 15 is 0 Å². The Balaban J connectivity index is 2.82. The molecule has 0 fully saturated rings. The highest BCUT2D eigenvalue weighted by atomic mass is 19.4. The van der Waals surface area contributed by atoms with Crippen molar-refractivity contribution in [3.63, 3.8) is 0 Å². The van der Waals surface area contributed by atoms with Crippen molar-refractivity contribution in [2.45, 2.75) is 52.4 Å². The number of benzene rings is 1. The maximum Gasteiger partial charge on any atom is 0.573 e. The van der Waals surface area contributed by atoms with E-state index in [0.29, 0.717) is 5.92 Å². The molecule has 0 aromatic heterocycles. The number of alkyl halides is 3. The van der Waals surface area contributed by atoms with E-state index in [9.17, 15) is 13.2 Å². The summed E-state index contributed by atoms with van der Waals surface area (Å²) in [6, 6.07) is 6.31. The van der Waals surface area contributed by atoms with Crippen LogP contribution >= 0.6 is 0 Å². The fourth-order valence-corrected chi connectivity index (χ4v) is 2.13. The first-order chi connectivity index (χ1) is 9.81. The highest BCUT2D eigenvalue weighted by molar-refractivity contribution is 5.30. The van der Waals surface area contributed by atoms with Crippen molar-refractivity contribution < 1.29 is 17.9 Å². The van der Waals surface area contributed by atoms with Crippen LogP contribution in [0.5, 0.6) is 5.75 Å². The number of nitrogens with one attached hydrogen (secondary N) is 1. The van der Waals surface area contributed by atoms with Crippen molar-refractivity contribution in [2.24, 2.45) is 5.92 Å². The maximum atomic E-state index is 12.3. The van der Waals surface area contributed by atoms with E-state index in [2.05, 4.69) is 30.8 Å². The molecule has 2 nitrogen and oxygen atoms in total. The summed E-state index contributed by atoms with van der Waals surface area (Å²) in [4.78, 5) is 0. The van der Waals surface area contributed by atoms with Gasteiger partial charge in [0, 0.05) is 6.04 Å². The van der Waals surface area contributed by atoms with Crippen LogP contribution in [0.15, 0.2) is 24.3 Å². The van der Waals surface area contributed by atoms with Crippen LogP contribution in [0.25, 0.3) is 0 Å². The minimum Gasteiger partial charge on any atom is -0.406 e. The van der Waals surface area contributed by atoms with Gasteiger partial charge in [-0.1, -0.05) is 32.9 Å². The van der Waals surface area contributed by atoms with Gasteiger partial charge < -0.3 is 10.1 Å². The van der Waals surface area contributed by atoms with Crippen LogP contribution in [0, 0.1) is 5.92 Å². The molecule has 21 heavy (non-hydrogen) atoms. The van der Waals surface area contributed by atoms with E-state index < -0.39 is 6.36 Å². The van der Waals surface area contributed by atoms with E-state index in [-0.39, 0.29) is 11.8 Å². The number of hydrogen-bond donors (Lipinski definition) is 1. The fourth-order valence-electron chi connectivity index (χ4n) is 2.13. The summed E-state index contributed by atoms with van der Waals surface area (Å²) in [5.41, 5.74) is 0.839. The average Bonchev–Trinajstić information content (AvgIpc) is 2.37. The lowest BCUT2D eigenvalue weighted by Crippen LogP contribution is -2.23. The van der Waals surface area contributed by atoms with E-state index in [4.69, 9.17) is 0 Å². The molecule has 1 N–H and O–H groups in total. The largest absolute Gasteiger partial charge is 0.573 e. The predicted molar refractivity (Wildman–Crippen MR) is 78.2 cm³/mol. The Bertz CT molecular complexity index is 418. The molecule has 0 radical (unpaired) electrons. The Morgan fingerprint density at radius 3 is 2.48 bits per heavy atom. The topological polar surface area (TPSA) is 21.3 Å². The molecule has 1 aromatic carbocycles. The second-order valence-electron chi connectivity index (χ2n) is 5.60. The Morgan fingerprint density at radius 2 is 1.90 bits per heavy atom. The van der Waals surface area contributed by atoms with Gasteiger partial charge in [-0.25, -0.2) is 0 Å². The molecule has 1 atom stereocenters. The molecule has 1 rings (SSSR count). The SMILES string of the molecule is CCCNC(CCC(C)C)c1cccc(OC(F)(F)F)c1. The lowest BCUT2D eigenvalue weighted by Gasteiger charge is -2.21. The third-order valence-corrected chi connectivity index (χ3v) is 3.17. The van der Waals surface area contributed by atoms with Crippen LogP contribution in [0.2, 0.25) is 0 Å². The quantitative estimate of drug-likeness (QED) is 0.724. The molecule has 0 saturated carbocycles. The number of rotatable bonds is 8. The summed E-state index contributed by atoms with van der Waals surface area (Å²) < 4.78 is 40.9. The molecule has 0 bridgehead atoms. The summed E-state index contributed by atoms with van der Waals surface area (Å²) in [6.45, 7) is 7.18. The number of ether oxygens (including phenoxy) is 1. The van der Waals surface area contributed by atoms with Gasteiger partial charge in [-0.2, -0.15) is 0 Å². The van der Waals surface area contributed by atoms with Gasteiger partial charge in [0.05, 0.1) is 0 Å². The Kier molecular flexibility index (Phi) is 7.02. The summed E-state index contributed by atoms with van der Waals surface area (Å²) >= 11 is 0. The van der Waals surface area contributed by atoms with Crippen molar-refractivity contribution in [1.29, 1.82) is 0 Å². The Morgan fingerprint density at radius 1 is 1.19 bits per heavy atom. The highest BCUT2D eigenvalue weighted by Crippen LogP contribution is 2.27. The Labute approximate surface area is 124 Å². The summed E-state index contributed by atoms with van der Waals surface area (Å²) in [7, 11) is 0. The molecule has 0 heterocycles. The zero-order valence-corrected chi connectivity index (χ0v) is 12.8. The minimum atomic E-state index is -4.65. The lowest BCUT2D eigenvalue weighted by atomic mass is 9.97. The highest BCUT2D eigenvalue weighted by Gasteiger charge is 2.31. The summed E-state index contributed by atoms with van der Waals surface area (Å²) in [6.07, 6.45) is -1.75. The van der Waals surface area contributed by atoms with Crippen molar-refractivity contribution in [3.05, 3.63) is 29.8 Å². The van der Waals surface area contributed by atoms with Gasteiger partial charge in [-0.05, 0) is 49.4 Å². The van der Waals surface area contributed by atoms with Gasteiger partial charge >= 0.3 is 6.36 Å². The average molecular weight is 303 g/mol. The van der Waals surface area contributed by atoms with Crippen molar-refractivity contribution in [1.82, 2.24) is 5.32 Å². The maximum absolute atomic E-state index is 12.3. The number of halogens is 3. The first kappa shape index (κ1) is 17.8. The van der Waals surface area contributed by atoms with Crippen LogP contribution in [0.3, 0.4) is 0 Å². The van der Waals surface area contributed by atoms with Crippen LogP contribution in [0.1, 0.15) is 51.6 Å². The van der Waals surface area contributed by atoms with Gasteiger partial charge in [0.2, 0.25) is 0 Å². The summed E-state index contributed by atoms with van der Waals surface area (Å²) in [5, 5.41) is 3.39. The molecule has 0 spiro atoms. The van der Waals surface area contributed by atoms with Gasteiger partial charge in [-0.15, -0.1) is 13.2 Å². The Hall–Kier alpha value is -1.23. The third kappa shape index (κ3) is 7.37. The van der Waals surface area contributed by atoms with Gasteiger partial charge in [0.15, 0.2) is 0 Å². The molecule has 0 aliphatic rings. The van der Waals surface area contributed by atoms with Gasteiger partial charge in [0.1, 0.15) is 5.75 Å². The zero-order chi connectivity index (χ0) is 15.9. The second kappa shape index (κ2) is 8.27. The van der Waals surface area contributed by atoms with Gasteiger partial charge in [-0.3, -0.25) is 0 Å². The van der Waals surface area contributed by atoms with E-state index in [1.807, 2.05) is 6.07 Å². The number of hydrogen-bond acceptors (Lipinski definition) is 2. The molecular weight excluding hydrogens is 279 g/mol. The molecule has 0 saturated heterocycles. The molecule has 0 aliphatic heterocycles. The normalized spacial score (nSPS) is 13.5. The molecule has 1 aromatic rings. The van der Waals surface area contributed by atoms with Crippen molar-refractivity contribution >= 4 is 0 Å². The van der Waals surface area contributed by atoms with Crippen LogP contribution in [-0.2, 0) is 0 Å². The molecular formula is C16H24F3NO. The minimum absolute atomic E-state index is 0.0594. The molecule has 0 aliphatic carbocycles. The standard InChI is InChI=1S/C16H24F3NO/c1-4-10-20-15(9-8-12(2)3)13-6-5-7-14(11-13)21-16(17,18)19/h5-7,11-12,15,20H,4,8-10H2,1-3H3. The van der Waals surface area contributed by atoms with Crippen molar-refractivity contribution in [2.75, 3.05) is 6.54 Å². The molecule has 5 heteroatoms. The molecule has 1 unspecified atom stereocenters. The third-order valence-electron chi connectivity index (χ3n) is 3.17. The first-order valence-electron chi connectivity index (χ1n) is 7.41. The lowest BCUT2D eigenvalue weighted by molar-refractivity contribution is -0.274. The van der Waals surface area contributed by atoms with Crippen LogP contribution in [-0.4, -0.2) is 12.9 Å². The zero-order valence-electron chi connectivity index (χ0n) is 12.8. The second-order valence-corrected chi connectivity index (χ2v) is 5.60. The first-order valence-corrected chi connectivity index (χ1v) is 7.41. The molecule has 120 valence electrons. The van der Waals surface area contributed by atoms with Crippen LogP contribution in [0.4, 0.5) is 13.2 Å². The summed E-state index contributed by atoms with van der Waals surface area (Å²) in [5.74, 6) is 0.401. The fraction of sp³-hybridized carbons (Fsp3) is 0.625. The van der Waals surface area contributed by atoms with E-state index in [1.54, 1.807) is 6.07 Å². The van der Waals surface area contributed by atoms with Crippen LogP contribution < -0.4 is 10.1 Å². The van der Waals surface area contributed by atoms with Crippen molar-refractivity contribution in [3.8, 4) is 5.75 Å².